The van der Waals surface area contributed by atoms with Crippen molar-refractivity contribution in [2.75, 3.05) is 13.3 Å². The summed E-state index contributed by atoms with van der Waals surface area (Å²) < 4.78 is 0. The Balaban J connectivity index is 2.53. The molecule has 62 valence electrons. The summed E-state index contributed by atoms with van der Waals surface area (Å²) >= 11 is 0. The van der Waals surface area contributed by atoms with E-state index in [0.29, 0.717) is 0 Å². The van der Waals surface area contributed by atoms with Gasteiger partial charge in [-0.15, -0.1) is 0 Å². The van der Waals surface area contributed by atoms with E-state index in [1.807, 2.05) is 6.21 Å². The zero-order valence-electron chi connectivity index (χ0n) is 6.82. The molecule has 1 N–H and O–H groups in total. The summed E-state index contributed by atoms with van der Waals surface area (Å²) in [6.45, 7) is 2.93. The van der Waals surface area contributed by atoms with Crippen molar-refractivity contribution in [3.05, 3.63) is 11.6 Å². The molecular weight excluding hydrogens is 140 g/mol. The number of nitrogens with zero attached hydrogens (tertiary/aromatic N) is 2. The van der Waals surface area contributed by atoms with Gasteiger partial charge in [0.2, 0.25) is 0 Å². The van der Waals surface area contributed by atoms with Crippen molar-refractivity contribution < 1.29 is 5.11 Å². The number of hydrogen-bond acceptors (Lipinski definition) is 3. The molecule has 1 rings (SSSR count). The number of hydrazone groups is 1. The molecule has 0 fully saturated rings. The highest BCUT2D eigenvalue weighted by molar-refractivity contribution is 5.78. The minimum absolute atomic E-state index is 0.0152. The number of aliphatic hydroxyl groups is 1. The second-order valence-electron chi connectivity index (χ2n) is 2.54. The van der Waals surface area contributed by atoms with Gasteiger partial charge in [0.15, 0.2) is 0 Å². The van der Waals surface area contributed by atoms with Crippen molar-refractivity contribution in [1.29, 1.82) is 0 Å². The topological polar surface area (TPSA) is 35.8 Å². The van der Waals surface area contributed by atoms with E-state index in [1.165, 1.54) is 5.57 Å². The van der Waals surface area contributed by atoms with Crippen LogP contribution in [0.15, 0.2) is 16.8 Å². The summed E-state index contributed by atoms with van der Waals surface area (Å²) in [5.74, 6) is 0. The summed E-state index contributed by atoms with van der Waals surface area (Å²) in [5, 5.41) is 14.5. The Bertz CT molecular complexity index is 175. The maximum atomic E-state index is 8.76. The van der Waals surface area contributed by atoms with Crippen LogP contribution in [0.1, 0.15) is 19.8 Å². The van der Waals surface area contributed by atoms with Crippen LogP contribution in [0.4, 0.5) is 0 Å². The average molecular weight is 154 g/mol. The molecule has 0 unspecified atom stereocenters. The molecule has 0 spiro atoms. The van der Waals surface area contributed by atoms with Crippen LogP contribution in [0.3, 0.4) is 0 Å². The molecule has 0 atom stereocenters. The summed E-state index contributed by atoms with van der Waals surface area (Å²) in [6.07, 6.45) is 5.98. The molecule has 0 bridgehead atoms. The summed E-state index contributed by atoms with van der Waals surface area (Å²) in [7, 11) is 0. The normalized spacial score (nSPS) is 18.0. The Hall–Kier alpha value is -0.830. The van der Waals surface area contributed by atoms with Crippen LogP contribution in [0.2, 0.25) is 0 Å². The van der Waals surface area contributed by atoms with Crippen molar-refractivity contribution in [3.63, 3.8) is 0 Å². The van der Waals surface area contributed by atoms with Crippen molar-refractivity contribution in [2.24, 2.45) is 5.10 Å². The van der Waals surface area contributed by atoms with Crippen LogP contribution >= 0.6 is 0 Å². The zero-order chi connectivity index (χ0) is 8.10. The van der Waals surface area contributed by atoms with Gasteiger partial charge in [-0.05, 0) is 18.4 Å². The summed E-state index contributed by atoms with van der Waals surface area (Å²) in [5.41, 5.74) is 1.25. The van der Waals surface area contributed by atoms with Crippen molar-refractivity contribution in [2.45, 2.75) is 19.8 Å². The first kappa shape index (κ1) is 8.27. The van der Waals surface area contributed by atoms with Gasteiger partial charge in [-0.3, -0.25) is 5.01 Å². The van der Waals surface area contributed by atoms with Crippen LogP contribution in [0, 0.1) is 0 Å². The molecule has 0 amide bonds. The van der Waals surface area contributed by atoms with E-state index in [-0.39, 0.29) is 6.73 Å². The molecule has 1 aliphatic rings. The second kappa shape index (κ2) is 4.13. The van der Waals surface area contributed by atoms with E-state index >= 15 is 0 Å². The lowest BCUT2D eigenvalue weighted by Gasteiger charge is -2.11. The smallest absolute Gasteiger partial charge is 0.131 e. The number of hydrogen-bond donors (Lipinski definition) is 1. The van der Waals surface area contributed by atoms with E-state index < -0.39 is 0 Å². The average Bonchev–Trinajstić information content (AvgIpc) is 2.28. The minimum Gasteiger partial charge on any atom is -0.375 e. The van der Waals surface area contributed by atoms with Gasteiger partial charge in [0.25, 0.3) is 0 Å². The molecule has 0 aromatic heterocycles. The van der Waals surface area contributed by atoms with Gasteiger partial charge >= 0.3 is 0 Å². The Morgan fingerprint density at radius 1 is 1.73 bits per heavy atom. The molecule has 1 aliphatic heterocycles. The lowest BCUT2D eigenvalue weighted by atomic mass is 10.2. The van der Waals surface area contributed by atoms with Crippen LogP contribution in [-0.2, 0) is 0 Å². The monoisotopic (exact) mass is 154 g/mol. The summed E-state index contributed by atoms with van der Waals surface area (Å²) in [6, 6.07) is 0. The fourth-order valence-electron chi connectivity index (χ4n) is 1.01. The Labute approximate surface area is 67.0 Å². The molecule has 0 aromatic rings. The zero-order valence-corrected chi connectivity index (χ0v) is 6.82. The fraction of sp³-hybridized carbons (Fsp3) is 0.625. The number of allylic oxidation sites excluding steroid dienone is 1. The first-order valence-electron chi connectivity index (χ1n) is 3.95. The molecule has 0 radical (unpaired) electrons. The van der Waals surface area contributed by atoms with Gasteiger partial charge in [-0.25, -0.2) is 0 Å². The van der Waals surface area contributed by atoms with Crippen LogP contribution in [-0.4, -0.2) is 29.6 Å². The van der Waals surface area contributed by atoms with Gasteiger partial charge in [-0.1, -0.05) is 13.0 Å². The molecule has 0 aliphatic carbocycles. The second-order valence-corrected chi connectivity index (χ2v) is 2.54. The molecule has 3 nitrogen and oxygen atoms in total. The molecule has 3 heteroatoms. The molecular formula is C8H14N2O. The third kappa shape index (κ3) is 2.35. The Morgan fingerprint density at radius 3 is 3.18 bits per heavy atom. The Morgan fingerprint density at radius 2 is 2.55 bits per heavy atom. The fourth-order valence-corrected chi connectivity index (χ4v) is 1.01. The lowest BCUT2D eigenvalue weighted by molar-refractivity contribution is 0.114. The number of aliphatic hydroxyl groups excluding tert-OH is 1. The predicted octanol–water partition coefficient (Wildman–Crippen LogP) is 0.964. The van der Waals surface area contributed by atoms with Crippen molar-refractivity contribution >= 4 is 6.21 Å². The minimum atomic E-state index is 0.0152. The van der Waals surface area contributed by atoms with Gasteiger partial charge in [0.05, 0.1) is 0 Å². The van der Waals surface area contributed by atoms with E-state index in [9.17, 15) is 0 Å². The van der Waals surface area contributed by atoms with Gasteiger partial charge in [0, 0.05) is 12.8 Å². The van der Waals surface area contributed by atoms with Gasteiger partial charge in [0.1, 0.15) is 6.73 Å². The maximum absolute atomic E-state index is 8.76. The third-order valence-corrected chi connectivity index (χ3v) is 1.75. The maximum Gasteiger partial charge on any atom is 0.131 e. The molecule has 0 saturated heterocycles. The third-order valence-electron chi connectivity index (χ3n) is 1.75. The summed E-state index contributed by atoms with van der Waals surface area (Å²) in [4.78, 5) is 0. The highest BCUT2D eigenvalue weighted by Gasteiger charge is 2.00. The van der Waals surface area contributed by atoms with Gasteiger partial charge < -0.3 is 5.11 Å². The standard InChI is InChI=1S/C8H14N2O/c1-2-8-4-3-5-10(7-11)9-6-8/h4,6,11H,2-3,5,7H2,1H3. The highest BCUT2D eigenvalue weighted by atomic mass is 16.3. The number of rotatable bonds is 2. The van der Waals surface area contributed by atoms with E-state index in [4.69, 9.17) is 5.11 Å². The largest absolute Gasteiger partial charge is 0.375 e. The highest BCUT2D eigenvalue weighted by Crippen LogP contribution is 2.05. The van der Waals surface area contributed by atoms with Crippen LogP contribution in [0.25, 0.3) is 0 Å². The molecule has 0 aromatic carbocycles. The van der Waals surface area contributed by atoms with Crippen LogP contribution < -0.4 is 0 Å². The van der Waals surface area contributed by atoms with Gasteiger partial charge in [-0.2, -0.15) is 5.10 Å². The quantitative estimate of drug-likeness (QED) is 0.643. The molecule has 0 saturated carbocycles. The van der Waals surface area contributed by atoms with Crippen LogP contribution in [0.5, 0.6) is 0 Å². The molecule has 11 heavy (non-hydrogen) atoms. The van der Waals surface area contributed by atoms with E-state index in [2.05, 4.69) is 18.1 Å². The first-order valence-corrected chi connectivity index (χ1v) is 3.95. The van der Waals surface area contributed by atoms with E-state index in [0.717, 1.165) is 19.4 Å². The Kier molecular flexibility index (Phi) is 3.11. The SMILES string of the molecule is CCC1=CCCN(CO)N=C1. The van der Waals surface area contributed by atoms with E-state index in [1.54, 1.807) is 5.01 Å². The van der Waals surface area contributed by atoms with Crippen molar-refractivity contribution in [3.8, 4) is 0 Å². The lowest BCUT2D eigenvalue weighted by Crippen LogP contribution is -2.18. The molecule has 1 heterocycles. The predicted molar refractivity (Wildman–Crippen MR) is 45.3 cm³/mol. The van der Waals surface area contributed by atoms with Crippen molar-refractivity contribution in [1.82, 2.24) is 5.01 Å². The first-order chi connectivity index (χ1) is 5.36.